The number of unbranched alkanes of at least 4 members (excludes halogenated alkanes) is 1. The fourth-order valence-corrected chi connectivity index (χ4v) is 1.54. The summed E-state index contributed by atoms with van der Waals surface area (Å²) in [4.78, 5) is 10.7. The molecule has 0 aromatic rings. The van der Waals surface area contributed by atoms with Gasteiger partial charge in [0.1, 0.15) is 0 Å². The van der Waals surface area contributed by atoms with Crippen molar-refractivity contribution >= 4 is 16.4 Å². The largest absolute Gasteiger partial charge is 0.726 e. The molecule has 8 heteroatoms. The molecule has 0 aliphatic carbocycles. The molecule has 0 unspecified atom stereocenters. The highest BCUT2D eigenvalue weighted by Crippen LogP contribution is 2.07. The molecular formula is C14H29NO6S. The Morgan fingerprint density at radius 1 is 1.32 bits per heavy atom. The van der Waals surface area contributed by atoms with Crippen LogP contribution in [-0.4, -0.2) is 63.3 Å². The Kier molecular flexibility index (Phi) is 12.3. The van der Waals surface area contributed by atoms with E-state index in [9.17, 15) is 17.8 Å². The van der Waals surface area contributed by atoms with E-state index in [2.05, 4.69) is 38.7 Å². The van der Waals surface area contributed by atoms with Gasteiger partial charge in [-0.2, -0.15) is 0 Å². The van der Waals surface area contributed by atoms with E-state index in [1.54, 1.807) is 0 Å². The van der Waals surface area contributed by atoms with Crippen molar-refractivity contribution in [3.63, 3.8) is 0 Å². The summed E-state index contributed by atoms with van der Waals surface area (Å²) in [7, 11) is 0.0211. The molecule has 132 valence electrons. The SMILES string of the molecule is C=CC(=O)OCCCC[N+](C)(C)C(C)C.CCOS(=O)(=O)[O-]. The molecule has 0 spiro atoms. The van der Waals surface area contributed by atoms with E-state index in [1.807, 2.05) is 0 Å². The van der Waals surface area contributed by atoms with E-state index in [4.69, 9.17) is 4.74 Å². The number of carbonyl (C=O) groups is 1. The van der Waals surface area contributed by atoms with Gasteiger partial charge in [-0.15, -0.1) is 0 Å². The summed E-state index contributed by atoms with van der Waals surface area (Å²) in [6, 6.07) is 0.626. The van der Waals surface area contributed by atoms with Gasteiger partial charge in [-0.1, -0.05) is 6.58 Å². The van der Waals surface area contributed by atoms with E-state index in [1.165, 1.54) is 13.0 Å². The van der Waals surface area contributed by atoms with Gasteiger partial charge in [0, 0.05) is 6.08 Å². The first-order valence-corrected chi connectivity index (χ1v) is 8.51. The molecule has 0 aromatic heterocycles. The fourth-order valence-electron chi connectivity index (χ4n) is 1.26. The second kappa shape index (κ2) is 11.6. The first-order chi connectivity index (χ1) is 9.96. The number of hydrogen-bond donors (Lipinski definition) is 0. The van der Waals surface area contributed by atoms with Crippen LogP contribution in [0.4, 0.5) is 0 Å². The third-order valence-corrected chi connectivity index (χ3v) is 3.72. The van der Waals surface area contributed by atoms with Crippen LogP contribution in [0.1, 0.15) is 33.6 Å². The zero-order valence-electron chi connectivity index (χ0n) is 14.2. The van der Waals surface area contributed by atoms with Gasteiger partial charge in [0.25, 0.3) is 0 Å². The Balaban J connectivity index is 0. The highest BCUT2D eigenvalue weighted by atomic mass is 32.3. The van der Waals surface area contributed by atoms with Gasteiger partial charge < -0.3 is 13.8 Å². The van der Waals surface area contributed by atoms with Gasteiger partial charge in [0.2, 0.25) is 10.4 Å². The molecule has 0 aromatic carbocycles. The number of nitrogens with zero attached hydrogens (tertiary/aromatic N) is 1. The molecule has 0 saturated carbocycles. The van der Waals surface area contributed by atoms with Crippen LogP contribution in [-0.2, 0) is 24.1 Å². The topological polar surface area (TPSA) is 92.7 Å². The van der Waals surface area contributed by atoms with Gasteiger partial charge in [-0.3, -0.25) is 4.18 Å². The molecule has 0 amide bonds. The van der Waals surface area contributed by atoms with Gasteiger partial charge in [-0.05, 0) is 33.6 Å². The minimum Gasteiger partial charge on any atom is -0.726 e. The number of esters is 1. The van der Waals surface area contributed by atoms with Crippen LogP contribution in [0, 0.1) is 0 Å². The highest BCUT2D eigenvalue weighted by molar-refractivity contribution is 7.80. The third-order valence-electron chi connectivity index (χ3n) is 3.20. The van der Waals surface area contributed by atoms with Crippen LogP contribution in [0.3, 0.4) is 0 Å². The van der Waals surface area contributed by atoms with E-state index < -0.39 is 10.4 Å². The molecule has 0 atom stereocenters. The summed E-state index contributed by atoms with van der Waals surface area (Å²) in [6.45, 7) is 10.7. The molecule has 7 nitrogen and oxygen atoms in total. The van der Waals surface area contributed by atoms with Crippen LogP contribution in [0.15, 0.2) is 12.7 Å². The van der Waals surface area contributed by atoms with Crippen molar-refractivity contribution in [2.75, 3.05) is 33.9 Å². The van der Waals surface area contributed by atoms with E-state index in [-0.39, 0.29) is 12.6 Å². The molecular weight excluding hydrogens is 310 g/mol. The summed E-state index contributed by atoms with van der Waals surface area (Å²) in [6.07, 6.45) is 3.21. The first-order valence-electron chi connectivity index (χ1n) is 7.18. The smallest absolute Gasteiger partial charge is 0.330 e. The first kappa shape index (κ1) is 23.3. The van der Waals surface area contributed by atoms with Crippen molar-refractivity contribution < 1.29 is 31.2 Å². The molecule has 0 N–H and O–H groups in total. The van der Waals surface area contributed by atoms with Crippen LogP contribution in [0.2, 0.25) is 0 Å². The lowest BCUT2D eigenvalue weighted by Gasteiger charge is -2.34. The standard InChI is InChI=1S/C12H24NO2.C2H6O4S/c1-6-12(14)15-10-8-7-9-13(4,5)11(2)3;1-2-6-7(3,4)5/h6,11H,1,7-10H2,2-5H3;2H2,1H3,(H,3,4,5)/q+1;/p-1. The van der Waals surface area contributed by atoms with Crippen LogP contribution < -0.4 is 0 Å². The Hall–Kier alpha value is -0.960. The van der Waals surface area contributed by atoms with Gasteiger partial charge >= 0.3 is 5.97 Å². The Labute approximate surface area is 134 Å². The van der Waals surface area contributed by atoms with Crippen molar-refractivity contribution in [3.8, 4) is 0 Å². The number of quaternary nitrogens is 1. The summed E-state index contributed by atoms with van der Waals surface area (Å²) in [5.41, 5.74) is 0. The van der Waals surface area contributed by atoms with Crippen LogP contribution in [0.5, 0.6) is 0 Å². The summed E-state index contributed by atoms with van der Waals surface area (Å²) in [5, 5.41) is 0. The quantitative estimate of drug-likeness (QED) is 0.158. The van der Waals surface area contributed by atoms with E-state index in [0.29, 0.717) is 12.6 Å². The molecule has 0 saturated heterocycles. The maximum absolute atomic E-state index is 10.7. The predicted octanol–water partition coefficient (Wildman–Crippen LogP) is 1.46. The van der Waals surface area contributed by atoms with Crippen LogP contribution >= 0.6 is 0 Å². The zero-order chi connectivity index (χ0) is 17.8. The molecule has 0 radical (unpaired) electrons. The van der Waals surface area contributed by atoms with E-state index >= 15 is 0 Å². The number of carbonyl (C=O) groups excluding carboxylic acids is 1. The maximum atomic E-state index is 10.7. The minimum absolute atomic E-state index is 0.0914. The number of hydrogen-bond acceptors (Lipinski definition) is 6. The maximum Gasteiger partial charge on any atom is 0.330 e. The Morgan fingerprint density at radius 3 is 2.18 bits per heavy atom. The second-order valence-corrected chi connectivity index (χ2v) is 6.54. The summed E-state index contributed by atoms with van der Waals surface area (Å²) < 4.78 is 37.9. The highest BCUT2D eigenvalue weighted by Gasteiger charge is 2.18. The molecule has 0 fully saturated rings. The lowest BCUT2D eigenvalue weighted by Crippen LogP contribution is -2.46. The molecule has 22 heavy (non-hydrogen) atoms. The van der Waals surface area contributed by atoms with Gasteiger partial charge in [0.15, 0.2) is 0 Å². The Morgan fingerprint density at radius 2 is 1.86 bits per heavy atom. The molecule has 0 heterocycles. The summed E-state index contributed by atoms with van der Waals surface area (Å²) in [5.74, 6) is -0.326. The number of ether oxygens (including phenoxy) is 1. The number of rotatable bonds is 9. The summed E-state index contributed by atoms with van der Waals surface area (Å²) >= 11 is 0. The fraction of sp³-hybridized carbons (Fsp3) is 0.786. The van der Waals surface area contributed by atoms with Crippen molar-refractivity contribution in [2.45, 2.75) is 39.7 Å². The Bertz CT molecular complexity index is 417. The third kappa shape index (κ3) is 15.4. The monoisotopic (exact) mass is 339 g/mol. The predicted molar refractivity (Wildman–Crippen MR) is 83.8 cm³/mol. The van der Waals surface area contributed by atoms with Crippen molar-refractivity contribution in [2.24, 2.45) is 0 Å². The minimum atomic E-state index is -4.42. The molecule has 0 aliphatic rings. The van der Waals surface area contributed by atoms with E-state index in [0.717, 1.165) is 23.9 Å². The average molecular weight is 339 g/mol. The van der Waals surface area contributed by atoms with Gasteiger partial charge in [0.05, 0.1) is 39.9 Å². The average Bonchev–Trinajstić information content (AvgIpc) is 2.37. The van der Waals surface area contributed by atoms with Crippen molar-refractivity contribution in [1.82, 2.24) is 0 Å². The second-order valence-electron chi connectivity index (χ2n) is 5.49. The lowest BCUT2D eigenvalue weighted by atomic mass is 10.2. The zero-order valence-corrected chi connectivity index (χ0v) is 15.0. The van der Waals surface area contributed by atoms with Crippen LogP contribution in [0.25, 0.3) is 0 Å². The molecule has 0 bridgehead atoms. The lowest BCUT2D eigenvalue weighted by molar-refractivity contribution is -0.911. The normalized spacial score (nSPS) is 11.6. The van der Waals surface area contributed by atoms with Crippen molar-refractivity contribution in [1.29, 1.82) is 0 Å². The molecule has 0 rings (SSSR count). The van der Waals surface area contributed by atoms with Gasteiger partial charge in [-0.25, -0.2) is 13.2 Å². The van der Waals surface area contributed by atoms with Crippen molar-refractivity contribution in [3.05, 3.63) is 12.7 Å². The molecule has 0 aliphatic heterocycles.